The fourth-order valence-electron chi connectivity index (χ4n) is 1.89. The predicted octanol–water partition coefficient (Wildman–Crippen LogP) is -0.842. The average molecular weight is 330 g/mol. The second kappa shape index (κ2) is 8.64. The minimum absolute atomic E-state index is 0.230. The molecule has 0 saturated heterocycles. The van der Waals surface area contributed by atoms with Crippen LogP contribution in [0.25, 0.3) is 0 Å². The van der Waals surface area contributed by atoms with Crippen LogP contribution in [-0.4, -0.2) is 66.7 Å². The second-order valence-electron chi connectivity index (χ2n) is 5.69. The topological polar surface area (TPSA) is 94.0 Å². The number of quaternary nitrogens is 1. The van der Waals surface area contributed by atoms with Crippen LogP contribution in [-0.2, 0) is 28.6 Å². The number of aromatic nitrogens is 3. The van der Waals surface area contributed by atoms with Crippen LogP contribution in [0.4, 0.5) is 0 Å². The van der Waals surface area contributed by atoms with Crippen LogP contribution < -0.4 is 5.32 Å². The van der Waals surface area contributed by atoms with Crippen LogP contribution in [0.15, 0.2) is 18.9 Å². The fraction of sp³-hybridized carbons (Fsp3) is 0.615. The Morgan fingerprint density at radius 3 is 2.82 bits per heavy atom. The standard InChI is InChI=1S/C13H23N5O3S/c1-4-13(19)14-10-12-11-17(16-15-12)6-8-18(2,3)7-5-9-22(20)21/h4,11,22H,1,5-10H2,2-3H3/p+1. The van der Waals surface area contributed by atoms with Gasteiger partial charge >= 0.3 is 0 Å². The first-order valence-electron chi connectivity index (χ1n) is 7.05. The van der Waals surface area contributed by atoms with E-state index in [0.29, 0.717) is 29.7 Å². The summed E-state index contributed by atoms with van der Waals surface area (Å²) < 4.78 is 23.6. The summed E-state index contributed by atoms with van der Waals surface area (Å²) in [5, 5.41) is 10.6. The molecule has 1 N–H and O–H groups in total. The number of carbonyl (C=O) groups excluding carboxylic acids is 1. The lowest BCUT2D eigenvalue weighted by Gasteiger charge is -2.29. The van der Waals surface area contributed by atoms with E-state index in [1.54, 1.807) is 10.9 Å². The van der Waals surface area contributed by atoms with Crippen molar-refractivity contribution in [3.63, 3.8) is 0 Å². The molecule has 9 heteroatoms. The maximum atomic E-state index is 11.1. The summed E-state index contributed by atoms with van der Waals surface area (Å²) in [5.74, 6) is -0.0166. The van der Waals surface area contributed by atoms with Crippen LogP contribution >= 0.6 is 0 Å². The Morgan fingerprint density at radius 1 is 1.45 bits per heavy atom. The number of amides is 1. The van der Waals surface area contributed by atoms with Gasteiger partial charge in [0, 0.05) is 6.42 Å². The van der Waals surface area contributed by atoms with E-state index in [4.69, 9.17) is 0 Å². The number of rotatable bonds is 10. The number of hydrogen-bond acceptors (Lipinski definition) is 5. The molecule has 0 radical (unpaired) electrons. The maximum Gasteiger partial charge on any atom is 0.243 e. The van der Waals surface area contributed by atoms with Gasteiger partial charge in [-0.15, -0.1) is 5.10 Å². The number of carbonyl (C=O) groups is 1. The molecule has 0 unspecified atom stereocenters. The van der Waals surface area contributed by atoms with Crippen molar-refractivity contribution < 1.29 is 17.7 Å². The molecule has 0 aliphatic rings. The first kappa shape index (κ1) is 18.3. The molecule has 124 valence electrons. The van der Waals surface area contributed by atoms with Gasteiger partial charge in [0.05, 0.1) is 52.2 Å². The van der Waals surface area contributed by atoms with Crippen molar-refractivity contribution in [2.45, 2.75) is 19.5 Å². The Bertz CT molecular complexity index is 572. The molecule has 0 aliphatic heterocycles. The van der Waals surface area contributed by atoms with Crippen molar-refractivity contribution in [1.82, 2.24) is 20.3 Å². The molecule has 1 heterocycles. The third-order valence-electron chi connectivity index (χ3n) is 3.25. The summed E-state index contributed by atoms with van der Waals surface area (Å²) >= 11 is 0. The molecular formula is C13H24N5O3S+. The van der Waals surface area contributed by atoms with E-state index in [1.165, 1.54) is 6.08 Å². The van der Waals surface area contributed by atoms with E-state index in [2.05, 4.69) is 36.3 Å². The van der Waals surface area contributed by atoms with Crippen molar-refractivity contribution >= 4 is 16.6 Å². The summed E-state index contributed by atoms with van der Waals surface area (Å²) in [5.41, 5.74) is 0.684. The highest BCUT2D eigenvalue weighted by molar-refractivity contribution is 7.72. The van der Waals surface area contributed by atoms with Gasteiger partial charge < -0.3 is 9.80 Å². The lowest BCUT2D eigenvalue weighted by atomic mass is 10.3. The molecule has 1 amide bonds. The molecule has 0 bridgehead atoms. The molecule has 0 fully saturated rings. The summed E-state index contributed by atoms with van der Waals surface area (Å²) in [7, 11) is 1.82. The molecule has 1 aromatic rings. The van der Waals surface area contributed by atoms with E-state index in [-0.39, 0.29) is 11.7 Å². The minimum atomic E-state index is -2.29. The quantitative estimate of drug-likeness (QED) is 0.331. The van der Waals surface area contributed by atoms with Crippen molar-refractivity contribution in [3.05, 3.63) is 24.5 Å². The molecule has 0 aromatic carbocycles. The SMILES string of the molecule is C=CC(=O)NCc1cn(CC[N+](C)(C)CCC[SH](=O)=O)nn1. The van der Waals surface area contributed by atoms with Crippen molar-refractivity contribution in [2.75, 3.05) is 32.9 Å². The largest absolute Gasteiger partial charge is 0.347 e. The molecular weight excluding hydrogens is 306 g/mol. The Labute approximate surface area is 132 Å². The number of hydrogen-bond donors (Lipinski definition) is 2. The van der Waals surface area contributed by atoms with Gasteiger partial charge in [0.1, 0.15) is 16.4 Å². The molecule has 22 heavy (non-hydrogen) atoms. The molecule has 0 aliphatic carbocycles. The summed E-state index contributed by atoms with van der Waals surface area (Å²) in [6.07, 6.45) is 3.65. The molecule has 1 rings (SSSR count). The first-order valence-corrected chi connectivity index (χ1v) is 8.42. The highest BCUT2D eigenvalue weighted by atomic mass is 32.2. The van der Waals surface area contributed by atoms with Gasteiger partial charge in [-0.05, 0) is 6.08 Å². The lowest BCUT2D eigenvalue weighted by molar-refractivity contribution is -0.890. The zero-order chi connectivity index (χ0) is 16.6. The second-order valence-corrected chi connectivity index (χ2v) is 6.80. The Hall–Kier alpha value is -1.74. The summed E-state index contributed by atoms with van der Waals surface area (Å²) in [4.78, 5) is 11.1. The Morgan fingerprint density at radius 2 is 2.18 bits per heavy atom. The molecule has 0 atom stereocenters. The van der Waals surface area contributed by atoms with Gasteiger partial charge in [-0.25, -0.2) is 13.1 Å². The van der Waals surface area contributed by atoms with Crippen LogP contribution in [0.1, 0.15) is 12.1 Å². The van der Waals surface area contributed by atoms with Crippen LogP contribution in [0.5, 0.6) is 0 Å². The summed E-state index contributed by atoms with van der Waals surface area (Å²) in [6.45, 7) is 5.98. The number of likely N-dealkylation sites (N-methyl/N-ethyl adjacent to an activating group) is 1. The van der Waals surface area contributed by atoms with E-state index >= 15 is 0 Å². The molecule has 1 aromatic heterocycles. The Kier molecular flexibility index (Phi) is 7.19. The molecule has 0 spiro atoms. The smallest absolute Gasteiger partial charge is 0.243 e. The van der Waals surface area contributed by atoms with Crippen molar-refractivity contribution in [3.8, 4) is 0 Å². The normalized spacial score (nSPS) is 11.6. The summed E-state index contributed by atoms with van der Waals surface area (Å²) in [6, 6.07) is 0. The Balaban J connectivity index is 2.39. The van der Waals surface area contributed by atoms with Crippen molar-refractivity contribution in [1.29, 1.82) is 0 Å². The number of nitrogens with zero attached hydrogens (tertiary/aromatic N) is 4. The van der Waals surface area contributed by atoms with E-state index in [9.17, 15) is 13.2 Å². The zero-order valence-electron chi connectivity index (χ0n) is 13.1. The van der Waals surface area contributed by atoms with Gasteiger partial charge in [-0.2, -0.15) is 0 Å². The fourth-order valence-corrected chi connectivity index (χ4v) is 2.29. The molecule has 0 saturated carbocycles. The third-order valence-corrected chi connectivity index (χ3v) is 3.94. The van der Waals surface area contributed by atoms with Crippen LogP contribution in [0.2, 0.25) is 0 Å². The zero-order valence-corrected chi connectivity index (χ0v) is 14.0. The van der Waals surface area contributed by atoms with E-state index in [0.717, 1.165) is 13.1 Å². The van der Waals surface area contributed by atoms with Gasteiger partial charge in [-0.3, -0.25) is 4.79 Å². The minimum Gasteiger partial charge on any atom is -0.347 e. The highest BCUT2D eigenvalue weighted by Gasteiger charge is 2.15. The van der Waals surface area contributed by atoms with Crippen LogP contribution in [0.3, 0.4) is 0 Å². The van der Waals surface area contributed by atoms with Crippen LogP contribution in [0, 0.1) is 0 Å². The average Bonchev–Trinajstić information content (AvgIpc) is 2.90. The van der Waals surface area contributed by atoms with Gasteiger partial charge in [0.15, 0.2) is 0 Å². The lowest BCUT2D eigenvalue weighted by Crippen LogP contribution is -2.43. The monoisotopic (exact) mass is 330 g/mol. The first-order chi connectivity index (χ1) is 10.3. The number of nitrogens with one attached hydrogen (secondary N) is 1. The highest BCUT2D eigenvalue weighted by Crippen LogP contribution is 2.01. The van der Waals surface area contributed by atoms with E-state index < -0.39 is 10.7 Å². The predicted molar refractivity (Wildman–Crippen MR) is 83.7 cm³/mol. The van der Waals surface area contributed by atoms with Gasteiger partial charge in [0.2, 0.25) is 5.91 Å². The number of thiol groups is 1. The van der Waals surface area contributed by atoms with E-state index in [1.807, 2.05) is 0 Å². The van der Waals surface area contributed by atoms with Gasteiger partial charge in [0.25, 0.3) is 0 Å². The molecule has 8 nitrogen and oxygen atoms in total. The third kappa shape index (κ3) is 7.32. The maximum absolute atomic E-state index is 11.1. The van der Waals surface area contributed by atoms with Gasteiger partial charge in [-0.1, -0.05) is 11.8 Å². The van der Waals surface area contributed by atoms with Crippen molar-refractivity contribution in [2.24, 2.45) is 0 Å².